The number of fused-ring (bicyclic) bond motifs is 1. The molecule has 0 radical (unpaired) electrons. The molecular formula is C20H21N5O3. The zero-order valence-corrected chi connectivity index (χ0v) is 16.2. The van der Waals surface area contributed by atoms with Crippen molar-refractivity contribution in [2.24, 2.45) is 0 Å². The number of rotatable bonds is 5. The maximum Gasteiger partial charge on any atom is 0.262 e. The summed E-state index contributed by atoms with van der Waals surface area (Å²) in [6, 6.07) is 5.62. The quantitative estimate of drug-likeness (QED) is 0.733. The molecule has 0 bridgehead atoms. The van der Waals surface area contributed by atoms with Gasteiger partial charge in [0.15, 0.2) is 11.6 Å². The van der Waals surface area contributed by atoms with Crippen molar-refractivity contribution in [1.29, 1.82) is 0 Å². The van der Waals surface area contributed by atoms with Crippen molar-refractivity contribution in [1.82, 2.24) is 20.2 Å². The number of nitrogens with zero attached hydrogens (tertiary/aromatic N) is 4. The number of pyridine rings is 2. The highest BCUT2D eigenvalue weighted by atomic mass is 16.5. The number of carbonyl (C=O) groups is 1. The molecule has 3 aromatic heterocycles. The van der Waals surface area contributed by atoms with Crippen molar-refractivity contribution in [3.63, 3.8) is 0 Å². The van der Waals surface area contributed by atoms with Gasteiger partial charge in [0, 0.05) is 23.5 Å². The molecule has 0 saturated heterocycles. The lowest BCUT2D eigenvalue weighted by Gasteiger charge is -2.10. The number of hydrogen-bond donors (Lipinski definition) is 1. The Kier molecular flexibility index (Phi) is 4.46. The van der Waals surface area contributed by atoms with E-state index in [0.717, 1.165) is 34.6 Å². The number of ether oxygens (including phenoxy) is 2. The van der Waals surface area contributed by atoms with E-state index in [1.165, 1.54) is 0 Å². The highest BCUT2D eigenvalue weighted by Gasteiger charge is 2.33. The number of anilines is 1. The number of methoxy groups -OCH3 is 2. The third-order valence-corrected chi connectivity index (χ3v) is 4.86. The van der Waals surface area contributed by atoms with E-state index in [9.17, 15) is 4.79 Å². The minimum absolute atomic E-state index is 0.0776. The van der Waals surface area contributed by atoms with Crippen molar-refractivity contribution >= 4 is 11.7 Å². The lowest BCUT2D eigenvalue weighted by Crippen LogP contribution is -2.23. The Bertz CT molecular complexity index is 1060. The molecule has 0 aromatic carbocycles. The molecule has 0 fully saturated rings. The van der Waals surface area contributed by atoms with Crippen LogP contribution >= 0.6 is 0 Å². The minimum atomic E-state index is -0.0776. The average molecular weight is 379 g/mol. The Morgan fingerprint density at radius 1 is 1.21 bits per heavy atom. The number of aryl methyl sites for hydroxylation is 2. The molecule has 1 N–H and O–H groups in total. The molecule has 0 unspecified atom stereocenters. The van der Waals surface area contributed by atoms with Crippen LogP contribution in [0.4, 0.5) is 5.82 Å². The molecule has 8 heteroatoms. The molecular weight excluding hydrogens is 358 g/mol. The van der Waals surface area contributed by atoms with E-state index in [4.69, 9.17) is 14.5 Å². The van der Waals surface area contributed by atoms with Crippen molar-refractivity contribution in [3.05, 3.63) is 46.9 Å². The predicted molar refractivity (Wildman–Crippen MR) is 104 cm³/mol. The highest BCUT2D eigenvalue weighted by molar-refractivity contribution is 6.10. The van der Waals surface area contributed by atoms with Gasteiger partial charge >= 0.3 is 0 Å². The van der Waals surface area contributed by atoms with Crippen LogP contribution in [0.2, 0.25) is 0 Å². The van der Waals surface area contributed by atoms with Crippen LogP contribution in [0, 0.1) is 6.92 Å². The van der Waals surface area contributed by atoms with Gasteiger partial charge in [-0.2, -0.15) is 5.10 Å². The molecule has 1 amide bonds. The number of aromatic nitrogens is 4. The highest BCUT2D eigenvalue weighted by Crippen LogP contribution is 2.33. The maximum atomic E-state index is 12.9. The first-order chi connectivity index (χ1) is 13.5. The lowest BCUT2D eigenvalue weighted by molar-refractivity contribution is 0.0995. The van der Waals surface area contributed by atoms with Crippen molar-refractivity contribution < 1.29 is 14.3 Å². The van der Waals surface area contributed by atoms with Gasteiger partial charge in [0.05, 0.1) is 37.7 Å². The zero-order chi connectivity index (χ0) is 19.8. The van der Waals surface area contributed by atoms with E-state index in [0.29, 0.717) is 29.6 Å². The Hall–Kier alpha value is -3.42. The fraction of sp³-hybridized carbons (Fsp3) is 0.300. The fourth-order valence-electron chi connectivity index (χ4n) is 3.37. The van der Waals surface area contributed by atoms with E-state index in [-0.39, 0.29) is 5.91 Å². The summed E-state index contributed by atoms with van der Waals surface area (Å²) in [5.74, 6) is 1.48. The van der Waals surface area contributed by atoms with Crippen molar-refractivity contribution in [2.75, 3.05) is 19.1 Å². The minimum Gasteiger partial charge on any atom is -0.491 e. The van der Waals surface area contributed by atoms with Crippen LogP contribution in [0.1, 0.15) is 34.2 Å². The molecule has 1 aliphatic rings. The third-order valence-electron chi connectivity index (χ3n) is 4.86. The van der Waals surface area contributed by atoms with Gasteiger partial charge in [-0.05, 0) is 31.0 Å². The van der Waals surface area contributed by atoms with Crippen molar-refractivity contribution in [2.45, 2.75) is 26.8 Å². The van der Waals surface area contributed by atoms with Crippen LogP contribution in [0.25, 0.3) is 11.3 Å². The SMILES string of the molecule is CCc1cc(N2Cc3nc(-c4cnc(OC)c(OC)c4)cc(C)c3C2=O)n[nH]1. The molecule has 0 spiro atoms. The molecule has 144 valence electrons. The second-order valence-electron chi connectivity index (χ2n) is 6.58. The number of aromatic amines is 1. The number of amides is 1. The number of carbonyl (C=O) groups excluding carboxylic acids is 1. The van der Waals surface area contributed by atoms with Crippen LogP contribution in [0.15, 0.2) is 24.4 Å². The Morgan fingerprint density at radius 3 is 2.71 bits per heavy atom. The molecule has 0 saturated carbocycles. The first-order valence-corrected chi connectivity index (χ1v) is 9.00. The van der Waals surface area contributed by atoms with Crippen molar-refractivity contribution in [3.8, 4) is 22.9 Å². The van der Waals surface area contributed by atoms with Gasteiger partial charge < -0.3 is 9.47 Å². The normalized spacial score (nSPS) is 13.0. The monoisotopic (exact) mass is 379 g/mol. The number of nitrogens with one attached hydrogen (secondary N) is 1. The third kappa shape index (κ3) is 2.87. The Balaban J connectivity index is 1.72. The average Bonchev–Trinajstić information content (AvgIpc) is 3.31. The van der Waals surface area contributed by atoms with Gasteiger partial charge in [0.25, 0.3) is 11.8 Å². The topological polar surface area (TPSA) is 93.2 Å². The van der Waals surface area contributed by atoms with Crippen LogP contribution < -0.4 is 14.4 Å². The van der Waals surface area contributed by atoms with Gasteiger partial charge in [-0.15, -0.1) is 0 Å². The second kappa shape index (κ2) is 6.95. The zero-order valence-electron chi connectivity index (χ0n) is 16.2. The standard InChI is InChI=1S/C20H21N5O3/c1-5-13-8-17(24-23-13)25-10-15-18(20(25)26)11(2)6-14(22-15)12-7-16(27-3)19(28-4)21-9-12/h6-9H,5,10H2,1-4H3,(H,23,24). The van der Waals surface area contributed by atoms with E-state index in [2.05, 4.69) is 15.2 Å². The molecule has 4 rings (SSSR count). The molecule has 1 aliphatic heterocycles. The predicted octanol–water partition coefficient (Wildman–Crippen LogP) is 2.92. The largest absolute Gasteiger partial charge is 0.491 e. The van der Waals surface area contributed by atoms with Gasteiger partial charge in [-0.3, -0.25) is 19.8 Å². The van der Waals surface area contributed by atoms with Gasteiger partial charge in [-0.25, -0.2) is 4.98 Å². The van der Waals surface area contributed by atoms with Gasteiger partial charge in [0.2, 0.25) is 0 Å². The lowest BCUT2D eigenvalue weighted by atomic mass is 10.1. The molecule has 8 nitrogen and oxygen atoms in total. The number of hydrogen-bond acceptors (Lipinski definition) is 6. The summed E-state index contributed by atoms with van der Waals surface area (Å²) in [6.45, 7) is 4.34. The first-order valence-electron chi connectivity index (χ1n) is 9.00. The van der Waals surface area contributed by atoms with E-state index in [1.54, 1.807) is 25.3 Å². The van der Waals surface area contributed by atoms with Crippen LogP contribution in [-0.2, 0) is 13.0 Å². The Morgan fingerprint density at radius 2 is 2.04 bits per heavy atom. The summed E-state index contributed by atoms with van der Waals surface area (Å²) >= 11 is 0. The van der Waals surface area contributed by atoms with Crippen LogP contribution in [0.5, 0.6) is 11.6 Å². The van der Waals surface area contributed by atoms with E-state index >= 15 is 0 Å². The van der Waals surface area contributed by atoms with E-state index in [1.807, 2.05) is 32.0 Å². The molecule has 0 aliphatic carbocycles. The summed E-state index contributed by atoms with van der Waals surface area (Å²) in [4.78, 5) is 23.6. The van der Waals surface area contributed by atoms with Gasteiger partial charge in [0.1, 0.15) is 0 Å². The summed E-state index contributed by atoms with van der Waals surface area (Å²) in [6.07, 6.45) is 2.51. The Labute approximate surface area is 162 Å². The molecule has 4 heterocycles. The van der Waals surface area contributed by atoms with E-state index < -0.39 is 0 Å². The summed E-state index contributed by atoms with van der Waals surface area (Å²) in [5.41, 5.74) is 4.75. The molecule has 28 heavy (non-hydrogen) atoms. The maximum absolute atomic E-state index is 12.9. The molecule has 3 aromatic rings. The second-order valence-corrected chi connectivity index (χ2v) is 6.58. The summed E-state index contributed by atoms with van der Waals surface area (Å²) in [5, 5.41) is 7.22. The van der Waals surface area contributed by atoms with Crippen LogP contribution in [-0.4, -0.2) is 40.3 Å². The van der Waals surface area contributed by atoms with Crippen LogP contribution in [0.3, 0.4) is 0 Å². The fourth-order valence-corrected chi connectivity index (χ4v) is 3.37. The molecule has 0 atom stereocenters. The smallest absolute Gasteiger partial charge is 0.262 e. The first kappa shape index (κ1) is 18.0. The summed E-state index contributed by atoms with van der Waals surface area (Å²) in [7, 11) is 3.11. The summed E-state index contributed by atoms with van der Waals surface area (Å²) < 4.78 is 10.5. The number of H-pyrrole nitrogens is 1. The van der Waals surface area contributed by atoms with Gasteiger partial charge in [-0.1, -0.05) is 6.92 Å².